The van der Waals surface area contributed by atoms with Crippen LogP contribution < -0.4 is 0 Å². The molecule has 0 unspecified atom stereocenters. The van der Waals surface area contributed by atoms with Crippen LogP contribution in [0.3, 0.4) is 0 Å². The molecule has 0 amide bonds. The van der Waals surface area contributed by atoms with Crippen molar-refractivity contribution in [3.8, 4) is 11.8 Å². The highest BCUT2D eigenvalue weighted by molar-refractivity contribution is 8.13. The van der Waals surface area contributed by atoms with Crippen LogP contribution in [0.1, 0.15) is 18.1 Å². The highest BCUT2D eigenvalue weighted by Crippen LogP contribution is 2.06. The summed E-state index contributed by atoms with van der Waals surface area (Å²) in [6.07, 6.45) is 3.04. The van der Waals surface area contributed by atoms with Crippen molar-refractivity contribution in [1.82, 2.24) is 0 Å². The Bertz CT molecular complexity index is 533. The molecule has 0 aliphatic carbocycles. The number of methoxy groups -OCH3 is 1. The van der Waals surface area contributed by atoms with Crippen LogP contribution in [0, 0.1) is 11.8 Å². The molecular formula is C15H14O3S. The van der Waals surface area contributed by atoms with Crippen LogP contribution in [0.4, 0.5) is 0 Å². The zero-order chi connectivity index (χ0) is 14.1. The van der Waals surface area contributed by atoms with Crippen molar-refractivity contribution < 1.29 is 14.3 Å². The van der Waals surface area contributed by atoms with E-state index in [1.807, 2.05) is 24.3 Å². The van der Waals surface area contributed by atoms with Gasteiger partial charge < -0.3 is 4.74 Å². The van der Waals surface area contributed by atoms with Crippen LogP contribution in [0.25, 0.3) is 6.08 Å². The number of benzene rings is 1. The molecule has 3 nitrogen and oxygen atoms in total. The summed E-state index contributed by atoms with van der Waals surface area (Å²) in [5.74, 6) is 5.99. The minimum Gasteiger partial charge on any atom is -0.466 e. The molecule has 0 bridgehead atoms. The molecule has 0 saturated carbocycles. The second-order valence-electron chi connectivity index (χ2n) is 3.56. The second-order valence-corrected chi connectivity index (χ2v) is 4.71. The third-order valence-corrected chi connectivity index (χ3v) is 2.80. The van der Waals surface area contributed by atoms with Crippen LogP contribution in [-0.4, -0.2) is 23.9 Å². The molecule has 0 spiro atoms. The quantitative estimate of drug-likeness (QED) is 0.482. The fourth-order valence-electron chi connectivity index (χ4n) is 1.19. The van der Waals surface area contributed by atoms with Crippen LogP contribution in [0.2, 0.25) is 0 Å². The lowest BCUT2D eigenvalue weighted by atomic mass is 10.1. The first-order valence-electron chi connectivity index (χ1n) is 5.60. The minimum atomic E-state index is -0.384. The van der Waals surface area contributed by atoms with Crippen molar-refractivity contribution in [3.05, 3.63) is 41.5 Å². The summed E-state index contributed by atoms with van der Waals surface area (Å²) in [6.45, 7) is 1.52. The molecule has 0 N–H and O–H groups in total. The van der Waals surface area contributed by atoms with Crippen molar-refractivity contribution >= 4 is 28.9 Å². The van der Waals surface area contributed by atoms with Crippen LogP contribution in [0.15, 0.2) is 30.3 Å². The maximum absolute atomic E-state index is 10.9. The van der Waals surface area contributed by atoms with Crippen LogP contribution >= 0.6 is 11.8 Å². The predicted molar refractivity (Wildman–Crippen MR) is 77.5 cm³/mol. The summed E-state index contributed by atoms with van der Waals surface area (Å²) in [4.78, 5) is 21.6. The first-order valence-corrected chi connectivity index (χ1v) is 6.58. The zero-order valence-electron chi connectivity index (χ0n) is 10.8. The van der Waals surface area contributed by atoms with Crippen molar-refractivity contribution in [3.63, 3.8) is 0 Å². The van der Waals surface area contributed by atoms with Gasteiger partial charge in [-0.15, -0.1) is 0 Å². The average Bonchev–Trinajstić information content (AvgIpc) is 2.42. The number of carbonyl (C=O) groups excluding carboxylic acids is 2. The van der Waals surface area contributed by atoms with Crippen LogP contribution in [-0.2, 0) is 14.3 Å². The monoisotopic (exact) mass is 274 g/mol. The topological polar surface area (TPSA) is 43.4 Å². The summed E-state index contributed by atoms with van der Waals surface area (Å²) in [5, 5.41) is 0.0672. The van der Waals surface area contributed by atoms with Gasteiger partial charge in [0.05, 0.1) is 12.9 Å². The smallest absolute Gasteiger partial charge is 0.330 e. The summed E-state index contributed by atoms with van der Waals surface area (Å²) in [5.41, 5.74) is 1.77. The number of rotatable bonds is 3. The third kappa shape index (κ3) is 6.49. The van der Waals surface area contributed by atoms with Crippen molar-refractivity contribution in [2.45, 2.75) is 6.92 Å². The summed E-state index contributed by atoms with van der Waals surface area (Å²) < 4.78 is 4.50. The van der Waals surface area contributed by atoms with Gasteiger partial charge in [-0.05, 0) is 23.8 Å². The lowest BCUT2D eigenvalue weighted by Gasteiger charge is -1.94. The molecule has 0 saturated heterocycles. The van der Waals surface area contributed by atoms with E-state index in [0.29, 0.717) is 5.75 Å². The van der Waals surface area contributed by atoms with Gasteiger partial charge in [-0.3, -0.25) is 4.79 Å². The van der Waals surface area contributed by atoms with E-state index in [9.17, 15) is 9.59 Å². The van der Waals surface area contributed by atoms with Gasteiger partial charge in [-0.1, -0.05) is 35.7 Å². The van der Waals surface area contributed by atoms with Gasteiger partial charge in [0.15, 0.2) is 5.12 Å². The molecule has 0 aromatic heterocycles. The van der Waals surface area contributed by atoms with E-state index >= 15 is 0 Å². The Kier molecular flexibility index (Phi) is 6.48. The fourth-order valence-corrected chi connectivity index (χ4v) is 1.53. The number of hydrogen-bond donors (Lipinski definition) is 0. The molecule has 0 radical (unpaired) electrons. The van der Waals surface area contributed by atoms with Gasteiger partial charge in [0, 0.05) is 18.6 Å². The molecule has 1 aromatic carbocycles. The number of carbonyl (C=O) groups is 2. The van der Waals surface area contributed by atoms with Crippen LogP contribution in [0.5, 0.6) is 0 Å². The Morgan fingerprint density at radius 2 is 2.00 bits per heavy atom. The molecule has 0 atom stereocenters. The highest BCUT2D eigenvalue weighted by atomic mass is 32.2. The van der Waals surface area contributed by atoms with Crippen molar-refractivity contribution in [2.75, 3.05) is 12.9 Å². The van der Waals surface area contributed by atoms with Gasteiger partial charge in [-0.25, -0.2) is 4.79 Å². The number of thioether (sulfide) groups is 1. The molecule has 19 heavy (non-hydrogen) atoms. The zero-order valence-corrected chi connectivity index (χ0v) is 11.6. The predicted octanol–water partition coefficient (Wildman–Crippen LogP) is 2.50. The standard InChI is InChI=1S/C15H14O3S/c1-12(16)19-11-3-4-13-5-7-14(8-6-13)9-10-15(17)18-2/h5-10H,11H2,1-2H3/b10-9+. The Morgan fingerprint density at radius 1 is 1.32 bits per heavy atom. The van der Waals surface area contributed by atoms with E-state index in [-0.39, 0.29) is 11.1 Å². The molecule has 0 heterocycles. The lowest BCUT2D eigenvalue weighted by molar-refractivity contribution is -0.134. The molecule has 1 rings (SSSR count). The maximum Gasteiger partial charge on any atom is 0.330 e. The average molecular weight is 274 g/mol. The molecule has 0 aliphatic rings. The van der Waals surface area contributed by atoms with E-state index in [0.717, 1.165) is 11.1 Å². The Balaban J connectivity index is 2.59. The van der Waals surface area contributed by atoms with E-state index < -0.39 is 0 Å². The second kappa shape index (κ2) is 8.17. The van der Waals surface area contributed by atoms with E-state index in [2.05, 4.69) is 16.6 Å². The van der Waals surface area contributed by atoms with E-state index in [1.54, 1.807) is 6.08 Å². The third-order valence-electron chi connectivity index (χ3n) is 2.10. The van der Waals surface area contributed by atoms with Crippen molar-refractivity contribution in [1.29, 1.82) is 0 Å². The normalized spacial score (nSPS) is 9.79. The number of hydrogen-bond acceptors (Lipinski definition) is 4. The van der Waals surface area contributed by atoms with E-state index in [1.165, 1.54) is 31.9 Å². The van der Waals surface area contributed by atoms with Crippen molar-refractivity contribution in [2.24, 2.45) is 0 Å². The van der Waals surface area contributed by atoms with Gasteiger partial charge in [-0.2, -0.15) is 0 Å². The molecular weight excluding hydrogens is 260 g/mol. The molecule has 4 heteroatoms. The van der Waals surface area contributed by atoms with E-state index in [4.69, 9.17) is 0 Å². The Labute approximate surface area is 117 Å². The SMILES string of the molecule is COC(=O)/C=C/c1ccc(C#CCSC(C)=O)cc1. The molecule has 0 aliphatic heterocycles. The number of ether oxygens (including phenoxy) is 1. The summed E-state index contributed by atoms with van der Waals surface area (Å²) >= 11 is 1.19. The fraction of sp³-hybridized carbons (Fsp3) is 0.200. The first kappa shape index (κ1) is 15.1. The lowest BCUT2D eigenvalue weighted by Crippen LogP contribution is -1.93. The first-order chi connectivity index (χ1) is 9.11. The Hall–Kier alpha value is -1.99. The summed E-state index contributed by atoms with van der Waals surface area (Å²) in [7, 11) is 1.34. The number of esters is 1. The maximum atomic E-state index is 10.9. The summed E-state index contributed by atoms with van der Waals surface area (Å²) in [6, 6.07) is 7.45. The molecule has 1 aromatic rings. The van der Waals surface area contributed by atoms with Gasteiger partial charge in [0.2, 0.25) is 0 Å². The highest BCUT2D eigenvalue weighted by Gasteiger charge is 1.93. The Morgan fingerprint density at radius 3 is 2.58 bits per heavy atom. The molecule has 0 fully saturated rings. The van der Waals surface area contributed by atoms with Gasteiger partial charge in [0.1, 0.15) is 0 Å². The minimum absolute atomic E-state index is 0.0672. The molecule has 98 valence electrons. The largest absolute Gasteiger partial charge is 0.466 e. The van der Waals surface area contributed by atoms with Gasteiger partial charge >= 0.3 is 5.97 Å². The van der Waals surface area contributed by atoms with Gasteiger partial charge in [0.25, 0.3) is 0 Å².